The minimum absolute atomic E-state index is 0.000000000000000444. The Hall–Kier alpha value is -0.990. The van der Waals surface area contributed by atoms with E-state index >= 15 is 0 Å². The van der Waals surface area contributed by atoms with Crippen molar-refractivity contribution in [3.8, 4) is 0 Å². The third-order valence-electron chi connectivity index (χ3n) is 1.97. The maximum absolute atomic E-state index is 11.2. The molecule has 0 radical (unpaired) electrons. The van der Waals surface area contributed by atoms with Crippen LogP contribution in [-0.2, 0) is 4.79 Å². The first-order valence-electron chi connectivity index (χ1n) is 3.71. The van der Waals surface area contributed by atoms with Crippen molar-refractivity contribution >= 4 is 5.78 Å². The smallest absolute Gasteiger partial charge is 0.190 e. The normalized spacial score (nSPS) is 24.7. The van der Waals surface area contributed by atoms with Gasteiger partial charge in [-0.25, -0.2) is 0 Å². The molecule has 0 aromatic carbocycles. The van der Waals surface area contributed by atoms with Gasteiger partial charge in [0.25, 0.3) is 0 Å². The van der Waals surface area contributed by atoms with Crippen molar-refractivity contribution in [2.45, 2.75) is 19.9 Å². The molecule has 0 spiro atoms. The highest BCUT2D eigenvalue weighted by Crippen LogP contribution is 2.20. The van der Waals surface area contributed by atoms with E-state index in [2.05, 4.69) is 0 Å². The fourth-order valence-corrected chi connectivity index (χ4v) is 1.42. The molecule has 3 heteroatoms. The number of aliphatic hydroxyl groups excluding tert-OH is 1. The molecule has 1 unspecified atom stereocenters. The predicted octanol–water partition coefficient (Wildman–Crippen LogP) is 0.925. The van der Waals surface area contributed by atoms with E-state index in [9.17, 15) is 4.79 Å². The summed E-state index contributed by atoms with van der Waals surface area (Å²) in [4.78, 5) is 12.8. The number of hydrogen-bond acceptors (Lipinski definition) is 3. The zero-order valence-corrected chi connectivity index (χ0v) is 7.03. The van der Waals surface area contributed by atoms with Crippen LogP contribution in [0.1, 0.15) is 13.8 Å². The molecular formula is C8H13NO2. The first-order valence-corrected chi connectivity index (χ1v) is 3.71. The molecular weight excluding hydrogens is 142 g/mol. The minimum atomic E-state index is -0.171. The third-order valence-corrected chi connectivity index (χ3v) is 1.97. The second-order valence-corrected chi connectivity index (χ2v) is 3.20. The lowest BCUT2D eigenvalue weighted by atomic mass is 10.0. The molecule has 3 nitrogen and oxygen atoms in total. The first-order chi connectivity index (χ1) is 5.04. The van der Waals surface area contributed by atoms with Crippen molar-refractivity contribution in [2.75, 3.05) is 7.05 Å². The van der Waals surface area contributed by atoms with Crippen molar-refractivity contribution in [3.05, 3.63) is 12.0 Å². The van der Waals surface area contributed by atoms with Crippen LogP contribution >= 0.6 is 0 Å². The number of hydrogen-bond donors (Lipinski definition) is 1. The molecule has 0 saturated heterocycles. The quantitative estimate of drug-likeness (QED) is 0.612. The SMILES string of the molecule is CC(C)C1C(=O)C=C(O)N1C. The molecule has 1 N–H and O–H groups in total. The Bertz CT molecular complexity index is 208. The number of likely N-dealkylation sites (N-methyl/N-ethyl adjacent to an activating group) is 1. The summed E-state index contributed by atoms with van der Waals surface area (Å²) in [7, 11) is 1.72. The van der Waals surface area contributed by atoms with E-state index in [0.29, 0.717) is 0 Å². The first kappa shape index (κ1) is 8.11. The molecule has 11 heavy (non-hydrogen) atoms. The fourth-order valence-electron chi connectivity index (χ4n) is 1.42. The monoisotopic (exact) mass is 155 g/mol. The van der Waals surface area contributed by atoms with Crippen molar-refractivity contribution in [2.24, 2.45) is 5.92 Å². The molecule has 1 heterocycles. The van der Waals surface area contributed by atoms with Crippen LogP contribution in [0.25, 0.3) is 0 Å². The van der Waals surface area contributed by atoms with Gasteiger partial charge in [-0.3, -0.25) is 4.79 Å². The summed E-state index contributed by atoms with van der Waals surface area (Å²) in [6, 6.07) is -0.171. The Morgan fingerprint density at radius 3 is 2.36 bits per heavy atom. The summed E-state index contributed by atoms with van der Waals surface area (Å²) in [6.45, 7) is 3.93. The second-order valence-electron chi connectivity index (χ2n) is 3.20. The number of ketones is 1. The van der Waals surface area contributed by atoms with E-state index < -0.39 is 0 Å². The summed E-state index contributed by atoms with van der Waals surface area (Å²) in [5, 5.41) is 9.15. The predicted molar refractivity (Wildman–Crippen MR) is 42.1 cm³/mol. The Morgan fingerprint density at radius 2 is 2.18 bits per heavy atom. The standard InChI is InChI=1S/C8H13NO2/c1-5(2)8-6(10)4-7(11)9(8)3/h4-5,8,11H,1-3H3. The largest absolute Gasteiger partial charge is 0.495 e. The van der Waals surface area contributed by atoms with Gasteiger partial charge in [0, 0.05) is 13.1 Å². The molecule has 0 aliphatic carbocycles. The zero-order chi connectivity index (χ0) is 8.59. The molecule has 0 saturated carbocycles. The van der Waals surface area contributed by atoms with Crippen LogP contribution in [0, 0.1) is 5.92 Å². The summed E-state index contributed by atoms with van der Waals surface area (Å²) in [5.74, 6) is 0.321. The van der Waals surface area contributed by atoms with Crippen LogP contribution in [0.2, 0.25) is 0 Å². The number of rotatable bonds is 1. The highest BCUT2D eigenvalue weighted by Gasteiger charge is 2.32. The number of aliphatic hydroxyl groups is 1. The van der Waals surface area contributed by atoms with E-state index in [-0.39, 0.29) is 23.6 Å². The molecule has 1 aliphatic heterocycles. The highest BCUT2D eigenvalue weighted by molar-refractivity contribution is 5.97. The van der Waals surface area contributed by atoms with Crippen molar-refractivity contribution in [1.29, 1.82) is 0 Å². The van der Waals surface area contributed by atoms with E-state index in [4.69, 9.17) is 5.11 Å². The van der Waals surface area contributed by atoms with E-state index in [1.165, 1.54) is 6.08 Å². The van der Waals surface area contributed by atoms with Gasteiger partial charge in [0.2, 0.25) is 0 Å². The Morgan fingerprint density at radius 1 is 1.64 bits per heavy atom. The van der Waals surface area contributed by atoms with Crippen molar-refractivity contribution in [3.63, 3.8) is 0 Å². The van der Waals surface area contributed by atoms with Gasteiger partial charge in [0.1, 0.15) is 0 Å². The highest BCUT2D eigenvalue weighted by atomic mass is 16.3. The van der Waals surface area contributed by atoms with Gasteiger partial charge in [-0.1, -0.05) is 13.8 Å². The number of carbonyl (C=O) groups excluding carboxylic acids is 1. The summed E-state index contributed by atoms with van der Waals surface area (Å²) in [6.07, 6.45) is 1.28. The van der Waals surface area contributed by atoms with Gasteiger partial charge in [-0.15, -0.1) is 0 Å². The van der Waals surface area contributed by atoms with Crippen LogP contribution < -0.4 is 0 Å². The van der Waals surface area contributed by atoms with Crippen molar-refractivity contribution < 1.29 is 9.90 Å². The van der Waals surface area contributed by atoms with E-state index in [0.717, 1.165) is 0 Å². The average molecular weight is 155 g/mol. The van der Waals surface area contributed by atoms with E-state index in [1.807, 2.05) is 13.8 Å². The van der Waals surface area contributed by atoms with Gasteiger partial charge in [-0.05, 0) is 5.92 Å². The van der Waals surface area contributed by atoms with Crippen molar-refractivity contribution in [1.82, 2.24) is 4.90 Å². The number of carbonyl (C=O) groups is 1. The summed E-state index contributed by atoms with van der Waals surface area (Å²) < 4.78 is 0. The average Bonchev–Trinajstić information content (AvgIpc) is 2.07. The maximum atomic E-state index is 11.2. The third kappa shape index (κ3) is 1.23. The lowest BCUT2D eigenvalue weighted by molar-refractivity contribution is -0.118. The molecule has 1 rings (SSSR count). The van der Waals surface area contributed by atoms with Crippen LogP contribution in [0.3, 0.4) is 0 Å². The van der Waals surface area contributed by atoms with Gasteiger partial charge in [0.15, 0.2) is 11.7 Å². The van der Waals surface area contributed by atoms with Crippen LogP contribution in [0.5, 0.6) is 0 Å². The summed E-state index contributed by atoms with van der Waals surface area (Å²) >= 11 is 0. The Kier molecular flexibility index (Phi) is 1.89. The minimum Gasteiger partial charge on any atom is -0.495 e. The molecule has 0 amide bonds. The molecule has 1 atom stereocenters. The molecule has 62 valence electrons. The Balaban J connectivity index is 2.80. The topological polar surface area (TPSA) is 40.5 Å². The van der Waals surface area contributed by atoms with Gasteiger partial charge in [0.05, 0.1) is 6.04 Å². The van der Waals surface area contributed by atoms with Gasteiger partial charge < -0.3 is 10.0 Å². The molecule has 0 fully saturated rings. The van der Waals surface area contributed by atoms with E-state index in [1.54, 1.807) is 11.9 Å². The van der Waals surface area contributed by atoms with Gasteiger partial charge >= 0.3 is 0 Å². The second kappa shape index (κ2) is 2.57. The lowest BCUT2D eigenvalue weighted by Gasteiger charge is -2.23. The van der Waals surface area contributed by atoms with Crippen LogP contribution in [-0.4, -0.2) is 28.9 Å². The molecule has 0 bridgehead atoms. The lowest BCUT2D eigenvalue weighted by Crippen LogP contribution is -2.35. The molecule has 1 aliphatic rings. The molecule has 0 aromatic heterocycles. The molecule has 0 aromatic rings. The zero-order valence-electron chi connectivity index (χ0n) is 7.03. The van der Waals surface area contributed by atoms with Gasteiger partial charge in [-0.2, -0.15) is 0 Å². The number of nitrogens with zero attached hydrogens (tertiary/aromatic N) is 1. The summed E-state index contributed by atoms with van der Waals surface area (Å²) in [5.41, 5.74) is 0. The van der Waals surface area contributed by atoms with Crippen LogP contribution in [0.4, 0.5) is 0 Å². The maximum Gasteiger partial charge on any atom is 0.190 e. The fraction of sp³-hybridized carbons (Fsp3) is 0.625. The Labute approximate surface area is 66.3 Å². The van der Waals surface area contributed by atoms with Crippen LogP contribution in [0.15, 0.2) is 12.0 Å².